The fourth-order valence-electron chi connectivity index (χ4n) is 2.53. The van der Waals surface area contributed by atoms with Crippen molar-refractivity contribution in [3.05, 3.63) is 0 Å². The van der Waals surface area contributed by atoms with Crippen LogP contribution in [0.2, 0.25) is 0 Å². The van der Waals surface area contributed by atoms with E-state index in [4.69, 9.17) is 16.0 Å². The summed E-state index contributed by atoms with van der Waals surface area (Å²) in [6.07, 6.45) is 2.27. The molecule has 0 radical (unpaired) electrons. The van der Waals surface area contributed by atoms with Gasteiger partial charge in [-0.25, -0.2) is 0 Å². The van der Waals surface area contributed by atoms with E-state index in [1.165, 1.54) is 0 Å². The van der Waals surface area contributed by atoms with E-state index >= 15 is 0 Å². The quantitative estimate of drug-likeness (QED) is 0.269. The third-order valence-corrected chi connectivity index (χ3v) is 3.66. The first-order valence-electron chi connectivity index (χ1n) is 7.23. The number of carbonyl (C=O) groups excluding carboxylic acids is 1. The zero-order valence-electron chi connectivity index (χ0n) is 12.2. The number of nitrogens with zero attached hydrogens (tertiary/aromatic N) is 3. The Balaban J connectivity index is 2.65. The molecule has 1 heterocycles. The summed E-state index contributed by atoms with van der Waals surface area (Å²) < 4.78 is 0. The van der Waals surface area contributed by atoms with E-state index < -0.39 is 5.92 Å². The Hall–Kier alpha value is -1.34. The maximum Gasteiger partial charge on any atom is 0.233 e. The number of β-amino-alcohol motifs (C(OH)–C–C–N with tert-alkyl or cyclic N) is 1. The van der Waals surface area contributed by atoms with Gasteiger partial charge in [0.2, 0.25) is 5.91 Å². The van der Waals surface area contributed by atoms with E-state index in [2.05, 4.69) is 10.1 Å². The first-order chi connectivity index (χ1) is 9.63. The molecule has 1 atom stereocenters. The number of nitrogens with two attached hydrogens (primary N) is 1. The average molecular weight is 286 g/mol. The Morgan fingerprint density at radius 1 is 1.35 bits per heavy atom. The molecule has 0 aromatic heterocycles. The Bertz CT molecular complexity index is 336. The molecule has 0 aliphatic carbocycles. The van der Waals surface area contributed by atoms with E-state index in [1.807, 2.05) is 6.92 Å². The topological polar surface area (TPSA) is 102 Å². The smallest absolute Gasteiger partial charge is 0.233 e. The van der Waals surface area contributed by atoms with Gasteiger partial charge in [-0.1, -0.05) is 18.5 Å². The number of hydrogen-bond acceptors (Lipinski definition) is 5. The molecule has 0 bridgehead atoms. The molecule has 1 aliphatic heterocycles. The number of amidine groups is 1. The van der Waals surface area contributed by atoms with Crippen LogP contribution in [0.4, 0.5) is 0 Å². The lowest BCUT2D eigenvalue weighted by Crippen LogP contribution is -2.43. The summed E-state index contributed by atoms with van der Waals surface area (Å²) in [6.45, 7) is 5.68. The van der Waals surface area contributed by atoms with Crippen molar-refractivity contribution in [3.8, 4) is 0 Å². The lowest BCUT2D eigenvalue weighted by atomic mass is 10.0. The third-order valence-electron chi connectivity index (χ3n) is 3.66. The van der Waals surface area contributed by atoms with Crippen LogP contribution in [0, 0.1) is 5.92 Å². The van der Waals surface area contributed by atoms with E-state index in [-0.39, 0.29) is 18.3 Å². The van der Waals surface area contributed by atoms with Gasteiger partial charge in [0, 0.05) is 26.2 Å². The predicted octanol–water partition coefficient (Wildman–Crippen LogP) is -0.324. The summed E-state index contributed by atoms with van der Waals surface area (Å²) in [6, 6.07) is 0. The van der Waals surface area contributed by atoms with Crippen LogP contribution in [0.5, 0.6) is 0 Å². The Labute approximate surface area is 120 Å². The Kier molecular flexibility index (Phi) is 7.32. The molecule has 0 spiro atoms. The summed E-state index contributed by atoms with van der Waals surface area (Å²) >= 11 is 0. The van der Waals surface area contributed by atoms with Crippen LogP contribution in [-0.2, 0) is 4.79 Å². The molecular weight excluding hydrogens is 260 g/mol. The summed E-state index contributed by atoms with van der Waals surface area (Å²) in [5.74, 6) is -0.601. The number of carbonyl (C=O) groups is 1. The minimum absolute atomic E-state index is 0.00619. The number of aliphatic hydroxyl groups is 1. The highest BCUT2D eigenvalue weighted by atomic mass is 16.4. The zero-order valence-corrected chi connectivity index (χ0v) is 12.2. The lowest BCUT2D eigenvalue weighted by molar-refractivity contribution is -0.133. The standard InChI is InChI=1S/C13H26N4O3/c1-2-4-11(12(14)15-20)13(19)17-6-3-5-16(7-8-17)9-10-18/h11,18,20H,2-10H2,1H3,(H2,14,15). The molecular formula is C13H26N4O3. The van der Waals surface area contributed by atoms with Crippen molar-refractivity contribution in [1.82, 2.24) is 9.80 Å². The highest BCUT2D eigenvalue weighted by Gasteiger charge is 2.28. The van der Waals surface area contributed by atoms with Gasteiger partial charge in [-0.3, -0.25) is 9.69 Å². The molecule has 1 aliphatic rings. The fraction of sp³-hybridized carbons (Fsp3) is 0.846. The number of aliphatic hydroxyl groups excluding tert-OH is 1. The average Bonchev–Trinajstić information content (AvgIpc) is 2.69. The molecule has 1 rings (SSSR count). The second kappa shape index (κ2) is 8.76. The van der Waals surface area contributed by atoms with E-state index in [0.29, 0.717) is 26.1 Å². The molecule has 7 nitrogen and oxygen atoms in total. The predicted molar refractivity (Wildman–Crippen MR) is 76.5 cm³/mol. The molecule has 20 heavy (non-hydrogen) atoms. The van der Waals surface area contributed by atoms with Crippen LogP contribution in [0.1, 0.15) is 26.2 Å². The molecule has 0 saturated carbocycles. The van der Waals surface area contributed by atoms with Crippen molar-refractivity contribution >= 4 is 11.7 Å². The van der Waals surface area contributed by atoms with Crippen molar-refractivity contribution in [3.63, 3.8) is 0 Å². The first kappa shape index (κ1) is 16.7. The summed E-state index contributed by atoms with van der Waals surface area (Å²) in [5.41, 5.74) is 5.63. The molecule has 4 N–H and O–H groups in total. The molecule has 7 heteroatoms. The van der Waals surface area contributed by atoms with Gasteiger partial charge in [-0.15, -0.1) is 0 Å². The SMILES string of the molecule is CCCC(C(=O)N1CCCN(CCO)CC1)C(N)=NO. The Morgan fingerprint density at radius 2 is 2.10 bits per heavy atom. The number of hydrogen-bond donors (Lipinski definition) is 3. The normalized spacial score (nSPS) is 19.7. The van der Waals surface area contributed by atoms with Gasteiger partial charge in [0.15, 0.2) is 5.84 Å². The summed E-state index contributed by atoms with van der Waals surface area (Å²) in [5, 5.41) is 20.8. The van der Waals surface area contributed by atoms with Crippen molar-refractivity contribution < 1.29 is 15.1 Å². The number of oxime groups is 1. The molecule has 1 amide bonds. The van der Waals surface area contributed by atoms with E-state index in [9.17, 15) is 4.79 Å². The van der Waals surface area contributed by atoms with Gasteiger partial charge in [0.25, 0.3) is 0 Å². The van der Waals surface area contributed by atoms with Gasteiger partial charge < -0.3 is 20.9 Å². The first-order valence-corrected chi connectivity index (χ1v) is 7.23. The second-order valence-corrected chi connectivity index (χ2v) is 5.11. The number of rotatable bonds is 6. The lowest BCUT2D eigenvalue weighted by Gasteiger charge is -2.25. The van der Waals surface area contributed by atoms with Crippen LogP contribution in [0.15, 0.2) is 5.16 Å². The fourth-order valence-corrected chi connectivity index (χ4v) is 2.53. The molecule has 116 valence electrons. The van der Waals surface area contributed by atoms with Crippen LogP contribution in [-0.4, -0.2) is 71.2 Å². The van der Waals surface area contributed by atoms with Crippen molar-refractivity contribution in [2.45, 2.75) is 26.2 Å². The molecule has 0 aromatic rings. The van der Waals surface area contributed by atoms with Gasteiger partial charge in [-0.05, 0) is 19.4 Å². The molecule has 1 saturated heterocycles. The Morgan fingerprint density at radius 3 is 2.70 bits per heavy atom. The maximum atomic E-state index is 12.5. The van der Waals surface area contributed by atoms with E-state index in [0.717, 1.165) is 25.9 Å². The zero-order chi connectivity index (χ0) is 15.0. The van der Waals surface area contributed by atoms with Crippen molar-refractivity contribution in [1.29, 1.82) is 0 Å². The summed E-state index contributed by atoms with van der Waals surface area (Å²) in [4.78, 5) is 16.4. The van der Waals surface area contributed by atoms with Gasteiger partial charge in [0.1, 0.15) is 0 Å². The summed E-state index contributed by atoms with van der Waals surface area (Å²) in [7, 11) is 0. The van der Waals surface area contributed by atoms with Gasteiger partial charge >= 0.3 is 0 Å². The third kappa shape index (κ3) is 4.64. The molecule has 1 fully saturated rings. The van der Waals surface area contributed by atoms with Crippen molar-refractivity contribution in [2.24, 2.45) is 16.8 Å². The maximum absolute atomic E-state index is 12.5. The van der Waals surface area contributed by atoms with E-state index in [1.54, 1.807) is 4.90 Å². The second-order valence-electron chi connectivity index (χ2n) is 5.11. The highest BCUT2D eigenvalue weighted by Crippen LogP contribution is 2.13. The van der Waals surface area contributed by atoms with Crippen LogP contribution >= 0.6 is 0 Å². The van der Waals surface area contributed by atoms with Crippen LogP contribution in [0.25, 0.3) is 0 Å². The molecule has 0 aromatic carbocycles. The monoisotopic (exact) mass is 286 g/mol. The van der Waals surface area contributed by atoms with Crippen LogP contribution in [0.3, 0.4) is 0 Å². The number of amides is 1. The highest BCUT2D eigenvalue weighted by molar-refractivity contribution is 6.02. The van der Waals surface area contributed by atoms with Gasteiger partial charge in [0.05, 0.1) is 12.5 Å². The minimum Gasteiger partial charge on any atom is -0.409 e. The van der Waals surface area contributed by atoms with Crippen molar-refractivity contribution in [2.75, 3.05) is 39.3 Å². The molecule has 1 unspecified atom stereocenters. The largest absolute Gasteiger partial charge is 0.409 e. The van der Waals surface area contributed by atoms with Crippen LogP contribution < -0.4 is 5.73 Å². The minimum atomic E-state index is -0.533. The van der Waals surface area contributed by atoms with Gasteiger partial charge in [-0.2, -0.15) is 0 Å².